The molecule has 1 aromatic carbocycles. The van der Waals surface area contributed by atoms with Crippen molar-refractivity contribution in [1.82, 2.24) is 0 Å². The van der Waals surface area contributed by atoms with E-state index in [2.05, 4.69) is 0 Å². The van der Waals surface area contributed by atoms with Gasteiger partial charge in [0.2, 0.25) is 5.91 Å². The molecule has 0 aliphatic rings. The second kappa shape index (κ2) is 5.07. The number of halogens is 2. The molecule has 0 fully saturated rings. The first-order valence-corrected chi connectivity index (χ1v) is 4.41. The van der Waals surface area contributed by atoms with Gasteiger partial charge in [-0.15, -0.1) is 6.42 Å². The number of anilines is 1. The van der Waals surface area contributed by atoms with E-state index in [1.807, 2.05) is 11.2 Å². The van der Waals surface area contributed by atoms with Crippen LogP contribution in [0.5, 0.6) is 0 Å². The molecule has 0 aliphatic heterocycles. The fraction of sp³-hybridized carbons (Fsp3) is 0.0909. The molecule has 0 heterocycles. The lowest BCUT2D eigenvalue weighted by molar-refractivity contribution is -0.115. The second-order valence-electron chi connectivity index (χ2n) is 3.05. The van der Waals surface area contributed by atoms with E-state index < -0.39 is 34.8 Å². The quantitative estimate of drug-likeness (QED) is 0.788. The van der Waals surface area contributed by atoms with Crippen LogP contribution in [-0.4, -0.2) is 17.0 Å². The van der Waals surface area contributed by atoms with Crippen LogP contribution in [0.2, 0.25) is 0 Å². The number of hydrogen-bond donors (Lipinski definition) is 2. The van der Waals surface area contributed by atoms with Crippen molar-refractivity contribution in [2.45, 2.75) is 6.42 Å². The number of rotatable bonds is 3. The summed E-state index contributed by atoms with van der Waals surface area (Å²) in [7, 11) is 0. The molecule has 1 amide bonds. The van der Waals surface area contributed by atoms with E-state index >= 15 is 0 Å². The lowest BCUT2D eigenvalue weighted by Gasteiger charge is -2.06. The second-order valence-corrected chi connectivity index (χ2v) is 3.05. The van der Waals surface area contributed by atoms with E-state index in [0.29, 0.717) is 12.1 Å². The Balaban J connectivity index is 3.09. The van der Waals surface area contributed by atoms with Crippen molar-refractivity contribution in [3.05, 3.63) is 29.3 Å². The molecule has 1 aromatic rings. The molecule has 0 saturated heterocycles. The molecule has 6 heteroatoms. The first kappa shape index (κ1) is 12.6. The molecule has 0 unspecified atom stereocenters. The van der Waals surface area contributed by atoms with E-state index in [1.54, 1.807) is 0 Å². The molecular formula is C11H7F2NO3. The summed E-state index contributed by atoms with van der Waals surface area (Å²) < 4.78 is 26.2. The van der Waals surface area contributed by atoms with Crippen molar-refractivity contribution in [2.24, 2.45) is 0 Å². The maximum atomic E-state index is 13.2. The van der Waals surface area contributed by atoms with Crippen LogP contribution < -0.4 is 5.32 Å². The standard InChI is InChI=1S/C11H7F2NO3/c1-2-3-10(15)14-9-4-6(11(16)17)7(12)5-8(9)13/h1,4-5H,3H2,(H,14,15)(H,16,17). The molecule has 0 spiro atoms. The number of hydrogen-bond acceptors (Lipinski definition) is 2. The molecule has 0 bridgehead atoms. The number of nitrogens with one attached hydrogen (secondary N) is 1. The van der Waals surface area contributed by atoms with Crippen molar-refractivity contribution in [3.63, 3.8) is 0 Å². The average Bonchev–Trinajstić information content (AvgIpc) is 2.21. The number of terminal acetylenes is 1. The van der Waals surface area contributed by atoms with Gasteiger partial charge in [-0.3, -0.25) is 4.79 Å². The third-order valence-corrected chi connectivity index (χ3v) is 1.82. The summed E-state index contributed by atoms with van der Waals surface area (Å²) in [6.07, 6.45) is 4.57. The molecule has 0 aliphatic carbocycles. The van der Waals surface area contributed by atoms with E-state index in [0.717, 1.165) is 0 Å². The Morgan fingerprint density at radius 1 is 1.35 bits per heavy atom. The van der Waals surface area contributed by atoms with E-state index in [1.165, 1.54) is 0 Å². The van der Waals surface area contributed by atoms with E-state index in [4.69, 9.17) is 11.5 Å². The molecule has 17 heavy (non-hydrogen) atoms. The zero-order chi connectivity index (χ0) is 13.0. The van der Waals surface area contributed by atoms with Crippen LogP contribution in [0.3, 0.4) is 0 Å². The topological polar surface area (TPSA) is 66.4 Å². The van der Waals surface area contributed by atoms with Gasteiger partial charge in [-0.2, -0.15) is 0 Å². The van der Waals surface area contributed by atoms with Crippen molar-refractivity contribution in [1.29, 1.82) is 0 Å². The minimum Gasteiger partial charge on any atom is -0.478 e. The summed E-state index contributed by atoms with van der Waals surface area (Å²) >= 11 is 0. The summed E-state index contributed by atoms with van der Waals surface area (Å²) in [6, 6.07) is 1.08. The van der Waals surface area contributed by atoms with Crippen LogP contribution in [0.15, 0.2) is 12.1 Å². The van der Waals surface area contributed by atoms with Crippen molar-refractivity contribution in [3.8, 4) is 12.3 Å². The molecule has 88 valence electrons. The number of aromatic carboxylic acids is 1. The normalized spacial score (nSPS) is 9.47. The largest absolute Gasteiger partial charge is 0.478 e. The average molecular weight is 239 g/mol. The van der Waals surface area contributed by atoms with Crippen molar-refractivity contribution < 1.29 is 23.5 Å². The van der Waals surface area contributed by atoms with Crippen LogP contribution in [-0.2, 0) is 4.79 Å². The molecule has 0 saturated carbocycles. The summed E-state index contributed by atoms with van der Waals surface area (Å²) in [5, 5.41) is 10.7. The first-order chi connectivity index (χ1) is 7.95. The third kappa shape index (κ3) is 3.01. The van der Waals surface area contributed by atoms with Crippen LogP contribution in [0, 0.1) is 24.0 Å². The van der Waals surface area contributed by atoms with Gasteiger partial charge in [0.05, 0.1) is 17.7 Å². The number of carbonyl (C=O) groups is 2. The Kier molecular flexibility index (Phi) is 3.78. The molecule has 1 rings (SSSR count). The Hall–Kier alpha value is -2.42. The third-order valence-electron chi connectivity index (χ3n) is 1.82. The summed E-state index contributed by atoms with van der Waals surface area (Å²) in [5.74, 6) is -2.50. The van der Waals surface area contributed by atoms with Crippen LogP contribution in [0.25, 0.3) is 0 Å². The summed E-state index contributed by atoms with van der Waals surface area (Å²) in [4.78, 5) is 21.7. The Morgan fingerprint density at radius 2 is 2.00 bits per heavy atom. The highest BCUT2D eigenvalue weighted by Gasteiger charge is 2.16. The number of carbonyl (C=O) groups excluding carboxylic acids is 1. The predicted molar refractivity (Wildman–Crippen MR) is 55.4 cm³/mol. The SMILES string of the molecule is C#CCC(=O)Nc1cc(C(=O)O)c(F)cc1F. The van der Waals surface area contributed by atoms with Gasteiger partial charge in [0.1, 0.15) is 11.6 Å². The van der Waals surface area contributed by atoms with E-state index in [-0.39, 0.29) is 6.42 Å². The fourth-order valence-electron chi connectivity index (χ4n) is 1.10. The highest BCUT2D eigenvalue weighted by molar-refractivity contribution is 5.95. The first-order valence-electron chi connectivity index (χ1n) is 4.41. The smallest absolute Gasteiger partial charge is 0.338 e. The minimum atomic E-state index is -1.56. The number of carboxylic acids is 1. The Labute approximate surface area is 95.3 Å². The molecule has 0 atom stereocenters. The highest BCUT2D eigenvalue weighted by Crippen LogP contribution is 2.19. The highest BCUT2D eigenvalue weighted by atomic mass is 19.1. The van der Waals surface area contributed by atoms with Crippen LogP contribution in [0.1, 0.15) is 16.8 Å². The zero-order valence-corrected chi connectivity index (χ0v) is 8.46. The fourth-order valence-corrected chi connectivity index (χ4v) is 1.10. The van der Waals surface area contributed by atoms with Gasteiger partial charge in [0.25, 0.3) is 0 Å². The van der Waals surface area contributed by atoms with Gasteiger partial charge >= 0.3 is 5.97 Å². The maximum absolute atomic E-state index is 13.2. The summed E-state index contributed by atoms with van der Waals surface area (Å²) in [5.41, 5.74) is -1.16. The predicted octanol–water partition coefficient (Wildman–Crippen LogP) is 1.62. The minimum absolute atomic E-state index is 0.292. The van der Waals surface area contributed by atoms with Gasteiger partial charge in [-0.05, 0) is 6.07 Å². The maximum Gasteiger partial charge on any atom is 0.338 e. The lowest BCUT2D eigenvalue weighted by Crippen LogP contribution is -2.13. The monoisotopic (exact) mass is 239 g/mol. The molecular weight excluding hydrogens is 232 g/mol. The molecule has 0 radical (unpaired) electrons. The van der Waals surface area contributed by atoms with Gasteiger partial charge in [0, 0.05) is 6.07 Å². The number of amides is 1. The number of benzene rings is 1. The molecule has 4 nitrogen and oxygen atoms in total. The van der Waals surface area contributed by atoms with Crippen LogP contribution >= 0.6 is 0 Å². The van der Waals surface area contributed by atoms with Crippen molar-refractivity contribution >= 4 is 17.6 Å². The van der Waals surface area contributed by atoms with Crippen LogP contribution in [0.4, 0.5) is 14.5 Å². The Morgan fingerprint density at radius 3 is 2.53 bits per heavy atom. The van der Waals surface area contributed by atoms with Gasteiger partial charge in [-0.1, -0.05) is 5.92 Å². The lowest BCUT2D eigenvalue weighted by atomic mass is 10.1. The van der Waals surface area contributed by atoms with Crippen molar-refractivity contribution in [2.75, 3.05) is 5.32 Å². The van der Waals surface area contributed by atoms with Gasteiger partial charge in [0.15, 0.2) is 0 Å². The van der Waals surface area contributed by atoms with E-state index in [9.17, 15) is 18.4 Å². The van der Waals surface area contributed by atoms with Gasteiger partial charge in [-0.25, -0.2) is 13.6 Å². The molecule has 0 aromatic heterocycles. The number of carboxylic acid groups (broad SMARTS) is 1. The Bertz CT molecular complexity index is 520. The van der Waals surface area contributed by atoms with Gasteiger partial charge < -0.3 is 10.4 Å². The summed E-state index contributed by atoms with van der Waals surface area (Å²) in [6.45, 7) is 0. The molecule has 2 N–H and O–H groups in total. The zero-order valence-electron chi connectivity index (χ0n) is 8.46.